The maximum atomic E-state index is 5.90. The number of hydrogen-bond acceptors (Lipinski definition) is 2. The number of morpholine rings is 1. The molecule has 1 aliphatic heterocycles. The first-order valence-electron chi connectivity index (χ1n) is 5.08. The molecular weight excluding hydrogens is 226 g/mol. The zero-order valence-corrected chi connectivity index (χ0v) is 9.82. The van der Waals surface area contributed by atoms with Crippen LogP contribution in [0.5, 0.6) is 0 Å². The Kier molecular flexibility index (Phi) is 5.08. The van der Waals surface area contributed by atoms with Crippen LogP contribution in [0.2, 0.25) is 0 Å². The van der Waals surface area contributed by atoms with Gasteiger partial charge in [0.2, 0.25) is 0 Å². The summed E-state index contributed by atoms with van der Waals surface area (Å²) in [5.74, 6) is 0.574. The van der Waals surface area contributed by atoms with E-state index in [1.54, 1.807) is 0 Å². The number of rotatable bonds is 1. The van der Waals surface area contributed by atoms with Gasteiger partial charge in [0.05, 0.1) is 18.9 Å². The molecule has 2 N–H and O–H groups in total. The lowest BCUT2D eigenvalue weighted by atomic mass is 10.3. The second-order valence-electron chi connectivity index (χ2n) is 3.40. The van der Waals surface area contributed by atoms with Gasteiger partial charge in [-0.3, -0.25) is 0 Å². The van der Waals surface area contributed by atoms with Crippen molar-refractivity contribution in [3.8, 4) is 0 Å². The predicted octanol–water partition coefficient (Wildman–Crippen LogP) is 1.39. The molecule has 1 aromatic carbocycles. The van der Waals surface area contributed by atoms with Gasteiger partial charge in [0.15, 0.2) is 5.96 Å². The zero-order chi connectivity index (χ0) is 10.5. The van der Waals surface area contributed by atoms with Gasteiger partial charge in [0.25, 0.3) is 0 Å². The molecule has 2 rings (SSSR count). The smallest absolute Gasteiger partial charge is 0.196 e. The van der Waals surface area contributed by atoms with Crippen LogP contribution in [0.25, 0.3) is 0 Å². The first kappa shape index (κ1) is 12.8. The largest absolute Gasteiger partial charge is 0.378 e. The molecule has 0 saturated carbocycles. The van der Waals surface area contributed by atoms with E-state index < -0.39 is 0 Å². The van der Waals surface area contributed by atoms with Crippen LogP contribution in [0.4, 0.5) is 5.69 Å². The van der Waals surface area contributed by atoms with Crippen molar-refractivity contribution in [3.63, 3.8) is 0 Å². The van der Waals surface area contributed by atoms with Crippen molar-refractivity contribution < 1.29 is 4.74 Å². The highest BCUT2D eigenvalue weighted by atomic mass is 35.5. The van der Waals surface area contributed by atoms with Crippen LogP contribution in [-0.4, -0.2) is 37.2 Å². The Bertz CT molecular complexity index is 336. The van der Waals surface area contributed by atoms with Crippen LogP contribution in [-0.2, 0) is 4.74 Å². The van der Waals surface area contributed by atoms with Crippen molar-refractivity contribution in [1.29, 1.82) is 0 Å². The molecule has 5 heteroatoms. The third-order valence-electron chi connectivity index (χ3n) is 2.33. The molecule has 1 aromatic rings. The number of guanidine groups is 1. The minimum absolute atomic E-state index is 0. The average Bonchev–Trinajstić information content (AvgIpc) is 2.31. The summed E-state index contributed by atoms with van der Waals surface area (Å²) in [5, 5.41) is 0. The number of para-hydroxylation sites is 1. The van der Waals surface area contributed by atoms with Gasteiger partial charge in [-0.05, 0) is 12.1 Å². The SMILES string of the molecule is Cl.NC(=Nc1ccccc1)N1CCOCC1. The maximum Gasteiger partial charge on any atom is 0.196 e. The van der Waals surface area contributed by atoms with Gasteiger partial charge in [0.1, 0.15) is 0 Å². The molecule has 4 nitrogen and oxygen atoms in total. The highest BCUT2D eigenvalue weighted by molar-refractivity contribution is 5.85. The number of hydrogen-bond donors (Lipinski definition) is 1. The molecule has 0 unspecified atom stereocenters. The molecule has 0 bridgehead atoms. The average molecular weight is 242 g/mol. The number of halogens is 1. The lowest BCUT2D eigenvalue weighted by Crippen LogP contribution is -2.44. The van der Waals surface area contributed by atoms with Crippen molar-refractivity contribution >= 4 is 24.1 Å². The van der Waals surface area contributed by atoms with E-state index in [0.717, 1.165) is 32.0 Å². The van der Waals surface area contributed by atoms with Crippen molar-refractivity contribution in [2.75, 3.05) is 26.3 Å². The quantitative estimate of drug-likeness (QED) is 0.597. The van der Waals surface area contributed by atoms with Crippen LogP contribution >= 0.6 is 12.4 Å². The van der Waals surface area contributed by atoms with E-state index in [-0.39, 0.29) is 12.4 Å². The molecule has 0 amide bonds. The third kappa shape index (κ3) is 3.40. The van der Waals surface area contributed by atoms with Gasteiger partial charge in [-0.2, -0.15) is 0 Å². The Morgan fingerprint density at radius 3 is 2.44 bits per heavy atom. The van der Waals surface area contributed by atoms with E-state index in [4.69, 9.17) is 10.5 Å². The lowest BCUT2D eigenvalue weighted by molar-refractivity contribution is 0.0675. The Morgan fingerprint density at radius 2 is 1.81 bits per heavy atom. The molecule has 0 spiro atoms. The summed E-state index contributed by atoms with van der Waals surface area (Å²) in [7, 11) is 0. The van der Waals surface area contributed by atoms with Crippen LogP contribution < -0.4 is 5.73 Å². The third-order valence-corrected chi connectivity index (χ3v) is 2.33. The topological polar surface area (TPSA) is 50.8 Å². The molecule has 1 aliphatic rings. The van der Waals surface area contributed by atoms with Gasteiger partial charge in [-0.1, -0.05) is 18.2 Å². The van der Waals surface area contributed by atoms with Crippen molar-refractivity contribution in [3.05, 3.63) is 30.3 Å². The van der Waals surface area contributed by atoms with Crippen LogP contribution in [0.3, 0.4) is 0 Å². The fourth-order valence-corrected chi connectivity index (χ4v) is 1.50. The fourth-order valence-electron chi connectivity index (χ4n) is 1.50. The number of nitrogens with zero attached hydrogens (tertiary/aromatic N) is 2. The molecule has 0 aromatic heterocycles. The van der Waals surface area contributed by atoms with Gasteiger partial charge < -0.3 is 15.4 Å². The van der Waals surface area contributed by atoms with Crippen LogP contribution in [0, 0.1) is 0 Å². The monoisotopic (exact) mass is 241 g/mol. The molecule has 1 heterocycles. The van der Waals surface area contributed by atoms with Crippen molar-refractivity contribution in [1.82, 2.24) is 4.90 Å². The summed E-state index contributed by atoms with van der Waals surface area (Å²) in [6, 6.07) is 9.74. The molecular formula is C11H16ClN3O. The number of benzene rings is 1. The number of nitrogens with two attached hydrogens (primary N) is 1. The molecule has 0 radical (unpaired) electrons. The van der Waals surface area contributed by atoms with Gasteiger partial charge in [-0.25, -0.2) is 4.99 Å². The number of aliphatic imine (C=N–C) groups is 1. The summed E-state index contributed by atoms with van der Waals surface area (Å²) in [6.07, 6.45) is 0. The van der Waals surface area contributed by atoms with Gasteiger partial charge >= 0.3 is 0 Å². The maximum absolute atomic E-state index is 5.90. The normalized spacial score (nSPS) is 16.8. The zero-order valence-electron chi connectivity index (χ0n) is 9.00. The summed E-state index contributed by atoms with van der Waals surface area (Å²) >= 11 is 0. The van der Waals surface area contributed by atoms with Crippen molar-refractivity contribution in [2.45, 2.75) is 0 Å². The van der Waals surface area contributed by atoms with Crippen LogP contribution in [0.1, 0.15) is 0 Å². The van der Waals surface area contributed by atoms with E-state index >= 15 is 0 Å². The molecule has 16 heavy (non-hydrogen) atoms. The number of ether oxygens (including phenoxy) is 1. The summed E-state index contributed by atoms with van der Waals surface area (Å²) in [4.78, 5) is 6.39. The second-order valence-corrected chi connectivity index (χ2v) is 3.40. The van der Waals surface area contributed by atoms with E-state index in [9.17, 15) is 0 Å². The second kappa shape index (κ2) is 6.35. The predicted molar refractivity (Wildman–Crippen MR) is 67.4 cm³/mol. The van der Waals surface area contributed by atoms with Crippen molar-refractivity contribution in [2.24, 2.45) is 10.7 Å². The standard InChI is InChI=1S/C11H15N3O.ClH/c12-11(14-6-8-15-9-7-14)13-10-4-2-1-3-5-10;/h1-5H,6-9H2,(H2,12,13);1H. The first-order valence-corrected chi connectivity index (χ1v) is 5.08. The molecule has 0 atom stereocenters. The Morgan fingerprint density at radius 1 is 1.19 bits per heavy atom. The molecule has 88 valence electrons. The van der Waals surface area contributed by atoms with E-state index in [0.29, 0.717) is 5.96 Å². The molecule has 0 aliphatic carbocycles. The summed E-state index contributed by atoms with van der Waals surface area (Å²) in [6.45, 7) is 3.10. The Hall–Kier alpha value is -1.26. The fraction of sp³-hybridized carbons (Fsp3) is 0.364. The Labute approximate surface area is 102 Å². The Balaban J connectivity index is 0.00000128. The lowest BCUT2D eigenvalue weighted by Gasteiger charge is -2.27. The van der Waals surface area contributed by atoms with E-state index in [1.807, 2.05) is 35.2 Å². The molecule has 1 fully saturated rings. The summed E-state index contributed by atoms with van der Waals surface area (Å²) < 4.78 is 5.25. The minimum atomic E-state index is 0. The highest BCUT2D eigenvalue weighted by Crippen LogP contribution is 2.10. The molecule has 1 saturated heterocycles. The van der Waals surface area contributed by atoms with Gasteiger partial charge in [0, 0.05) is 13.1 Å². The highest BCUT2D eigenvalue weighted by Gasteiger charge is 2.11. The van der Waals surface area contributed by atoms with E-state index in [2.05, 4.69) is 4.99 Å². The van der Waals surface area contributed by atoms with E-state index in [1.165, 1.54) is 0 Å². The summed E-state index contributed by atoms with van der Waals surface area (Å²) in [5.41, 5.74) is 6.79. The van der Waals surface area contributed by atoms with Crippen LogP contribution in [0.15, 0.2) is 35.3 Å². The van der Waals surface area contributed by atoms with Gasteiger partial charge in [-0.15, -0.1) is 12.4 Å². The minimum Gasteiger partial charge on any atom is -0.378 e. The first-order chi connectivity index (χ1) is 7.36.